The lowest BCUT2D eigenvalue weighted by molar-refractivity contribution is 0.486. The molecule has 0 spiro atoms. The molecule has 0 fully saturated rings. The van der Waals surface area contributed by atoms with Gasteiger partial charge < -0.3 is 9.73 Å². The van der Waals surface area contributed by atoms with Crippen LogP contribution in [0.3, 0.4) is 0 Å². The van der Waals surface area contributed by atoms with E-state index >= 15 is 0 Å². The van der Waals surface area contributed by atoms with Crippen LogP contribution < -0.4 is 5.32 Å². The number of hydrogen-bond acceptors (Lipinski definition) is 2. The smallest absolute Gasteiger partial charge is 0.0950 e. The second-order valence-corrected chi connectivity index (χ2v) is 4.08. The first-order valence-electron chi connectivity index (χ1n) is 5.60. The number of benzene rings is 1. The Morgan fingerprint density at radius 3 is 2.25 bits per heavy atom. The van der Waals surface area contributed by atoms with Crippen molar-refractivity contribution in [1.29, 1.82) is 0 Å². The van der Waals surface area contributed by atoms with Crippen molar-refractivity contribution in [2.45, 2.75) is 25.9 Å². The van der Waals surface area contributed by atoms with E-state index in [2.05, 4.69) is 43.4 Å². The van der Waals surface area contributed by atoms with Crippen LogP contribution in [0.5, 0.6) is 0 Å². The SMILES string of the molecule is CC(NC(C)c1ccoc1)c1ccccc1. The highest BCUT2D eigenvalue weighted by Gasteiger charge is 2.11. The van der Waals surface area contributed by atoms with Gasteiger partial charge in [-0.15, -0.1) is 0 Å². The van der Waals surface area contributed by atoms with Crippen molar-refractivity contribution in [2.75, 3.05) is 0 Å². The molecule has 1 heterocycles. The molecule has 1 aromatic heterocycles. The minimum absolute atomic E-state index is 0.300. The maximum absolute atomic E-state index is 5.08. The van der Waals surface area contributed by atoms with Crippen molar-refractivity contribution < 1.29 is 4.42 Å². The summed E-state index contributed by atoms with van der Waals surface area (Å²) in [4.78, 5) is 0. The van der Waals surface area contributed by atoms with Crippen LogP contribution in [0.4, 0.5) is 0 Å². The van der Waals surface area contributed by atoms with Crippen molar-refractivity contribution in [3.8, 4) is 0 Å². The van der Waals surface area contributed by atoms with Crippen molar-refractivity contribution in [2.24, 2.45) is 0 Å². The molecule has 2 atom stereocenters. The predicted molar refractivity (Wildman–Crippen MR) is 65.1 cm³/mol. The highest BCUT2D eigenvalue weighted by Crippen LogP contribution is 2.19. The van der Waals surface area contributed by atoms with Gasteiger partial charge >= 0.3 is 0 Å². The Morgan fingerprint density at radius 2 is 1.62 bits per heavy atom. The van der Waals surface area contributed by atoms with Crippen LogP contribution in [0.25, 0.3) is 0 Å². The molecule has 16 heavy (non-hydrogen) atoms. The summed E-state index contributed by atoms with van der Waals surface area (Å²) in [6.45, 7) is 4.32. The van der Waals surface area contributed by atoms with Gasteiger partial charge in [0.2, 0.25) is 0 Å². The van der Waals surface area contributed by atoms with Crippen LogP contribution in [0, 0.1) is 0 Å². The van der Waals surface area contributed by atoms with Gasteiger partial charge in [0.05, 0.1) is 12.5 Å². The van der Waals surface area contributed by atoms with Crippen LogP contribution in [-0.2, 0) is 0 Å². The standard InChI is InChI=1S/C14H17NO/c1-11(13-6-4-3-5-7-13)15-12(2)14-8-9-16-10-14/h3-12,15H,1-2H3. The number of rotatable bonds is 4. The predicted octanol–water partition coefficient (Wildman–Crippen LogP) is 3.69. The monoisotopic (exact) mass is 215 g/mol. The normalized spacial score (nSPS) is 14.6. The Balaban J connectivity index is 2.00. The molecule has 0 saturated carbocycles. The summed E-state index contributed by atoms with van der Waals surface area (Å²) >= 11 is 0. The fourth-order valence-electron chi connectivity index (χ4n) is 1.83. The summed E-state index contributed by atoms with van der Waals surface area (Å²) in [7, 11) is 0. The van der Waals surface area contributed by atoms with E-state index in [0.29, 0.717) is 12.1 Å². The first kappa shape index (κ1) is 11.0. The van der Waals surface area contributed by atoms with Crippen LogP contribution >= 0.6 is 0 Å². The highest BCUT2D eigenvalue weighted by atomic mass is 16.3. The molecule has 2 rings (SSSR count). The molecule has 2 nitrogen and oxygen atoms in total. The zero-order chi connectivity index (χ0) is 11.4. The highest BCUT2D eigenvalue weighted by molar-refractivity contribution is 5.19. The maximum Gasteiger partial charge on any atom is 0.0950 e. The van der Waals surface area contributed by atoms with Crippen LogP contribution in [0.2, 0.25) is 0 Å². The summed E-state index contributed by atoms with van der Waals surface area (Å²) in [5, 5.41) is 3.54. The minimum atomic E-state index is 0.300. The zero-order valence-electron chi connectivity index (χ0n) is 9.68. The lowest BCUT2D eigenvalue weighted by Crippen LogP contribution is -2.21. The van der Waals surface area contributed by atoms with Gasteiger partial charge in [-0.3, -0.25) is 0 Å². The van der Waals surface area contributed by atoms with Gasteiger partial charge in [0.15, 0.2) is 0 Å². The molecule has 84 valence electrons. The summed E-state index contributed by atoms with van der Waals surface area (Å²) in [6, 6.07) is 13.1. The van der Waals surface area contributed by atoms with Gasteiger partial charge in [-0.25, -0.2) is 0 Å². The van der Waals surface area contributed by atoms with Crippen molar-refractivity contribution >= 4 is 0 Å². The van der Waals surface area contributed by atoms with E-state index in [1.54, 1.807) is 12.5 Å². The van der Waals surface area contributed by atoms with E-state index in [4.69, 9.17) is 4.42 Å². The number of nitrogens with one attached hydrogen (secondary N) is 1. The first-order chi connectivity index (χ1) is 7.77. The van der Waals surface area contributed by atoms with E-state index < -0.39 is 0 Å². The molecular weight excluding hydrogens is 198 g/mol. The molecule has 0 saturated heterocycles. The van der Waals surface area contributed by atoms with E-state index in [1.165, 1.54) is 11.1 Å². The van der Waals surface area contributed by atoms with Gasteiger partial charge in [-0.2, -0.15) is 0 Å². The molecule has 0 aliphatic rings. The average Bonchev–Trinajstić information content (AvgIpc) is 2.83. The van der Waals surface area contributed by atoms with Crippen molar-refractivity contribution in [1.82, 2.24) is 5.32 Å². The van der Waals surface area contributed by atoms with Gasteiger partial charge in [0.1, 0.15) is 0 Å². The van der Waals surface area contributed by atoms with Crippen LogP contribution in [-0.4, -0.2) is 0 Å². The quantitative estimate of drug-likeness (QED) is 0.841. The van der Waals surface area contributed by atoms with Crippen LogP contribution in [0.1, 0.15) is 37.1 Å². The van der Waals surface area contributed by atoms with Crippen molar-refractivity contribution in [3.05, 3.63) is 60.1 Å². The number of furan rings is 1. The maximum atomic E-state index is 5.08. The lowest BCUT2D eigenvalue weighted by atomic mass is 10.1. The molecule has 2 unspecified atom stereocenters. The molecule has 1 N–H and O–H groups in total. The molecule has 2 heteroatoms. The Kier molecular flexibility index (Phi) is 3.42. The van der Waals surface area contributed by atoms with Gasteiger partial charge in [0.25, 0.3) is 0 Å². The van der Waals surface area contributed by atoms with E-state index in [-0.39, 0.29) is 0 Å². The second kappa shape index (κ2) is 4.99. The fourth-order valence-corrected chi connectivity index (χ4v) is 1.83. The molecule has 0 aliphatic heterocycles. The summed E-state index contributed by atoms with van der Waals surface area (Å²) in [6.07, 6.45) is 3.50. The van der Waals surface area contributed by atoms with Gasteiger partial charge in [-0.05, 0) is 25.5 Å². The fraction of sp³-hybridized carbons (Fsp3) is 0.286. The molecule has 0 aliphatic carbocycles. The third-order valence-electron chi connectivity index (χ3n) is 2.84. The Morgan fingerprint density at radius 1 is 0.938 bits per heavy atom. The summed E-state index contributed by atoms with van der Waals surface area (Å²) in [5.41, 5.74) is 2.49. The lowest BCUT2D eigenvalue weighted by Gasteiger charge is -2.19. The molecule has 2 aromatic rings. The third kappa shape index (κ3) is 2.52. The Hall–Kier alpha value is -1.54. The molecule has 1 aromatic carbocycles. The summed E-state index contributed by atoms with van der Waals surface area (Å²) in [5.74, 6) is 0. The molecule has 0 radical (unpaired) electrons. The molecular formula is C14H17NO. The average molecular weight is 215 g/mol. The van der Waals surface area contributed by atoms with E-state index in [9.17, 15) is 0 Å². The zero-order valence-corrected chi connectivity index (χ0v) is 9.68. The molecule has 0 bridgehead atoms. The topological polar surface area (TPSA) is 25.2 Å². The van der Waals surface area contributed by atoms with Gasteiger partial charge in [0, 0.05) is 17.6 Å². The number of hydrogen-bond donors (Lipinski definition) is 1. The largest absolute Gasteiger partial charge is 0.472 e. The van der Waals surface area contributed by atoms with Crippen LogP contribution in [0.15, 0.2) is 53.3 Å². The summed E-state index contributed by atoms with van der Waals surface area (Å²) < 4.78 is 5.08. The van der Waals surface area contributed by atoms with E-state index in [1.807, 2.05) is 12.1 Å². The first-order valence-corrected chi connectivity index (χ1v) is 5.60. The van der Waals surface area contributed by atoms with Gasteiger partial charge in [-0.1, -0.05) is 30.3 Å². The Bertz CT molecular complexity index is 408. The molecule has 0 amide bonds. The Labute approximate surface area is 96.3 Å². The van der Waals surface area contributed by atoms with Crippen molar-refractivity contribution in [3.63, 3.8) is 0 Å². The van der Waals surface area contributed by atoms with E-state index in [0.717, 1.165) is 0 Å². The minimum Gasteiger partial charge on any atom is -0.472 e. The third-order valence-corrected chi connectivity index (χ3v) is 2.84. The second-order valence-electron chi connectivity index (χ2n) is 4.08.